The number of aromatic nitrogens is 3. The third-order valence-electron chi connectivity index (χ3n) is 6.55. The molecule has 41 heavy (non-hydrogen) atoms. The number of benzene rings is 2. The molecule has 0 radical (unpaired) electrons. The predicted octanol–water partition coefficient (Wildman–Crippen LogP) is 7.25. The standard InChI is InChI=1S/C33H40N4O4/c1-21(2)23-13-14-28(39-7)27(17-23)31-25(16-24-11-8-10-22(3)30(24)37-31)18-34-32-35-19-26(20-36-32)40-15-9-12-29(38)41-33(4,5)6/h8,10-11,13-14,16-17,19-21H,9,12,15,18H2,1-7H3,(H,34,35,36). The maximum Gasteiger partial charge on any atom is 0.306 e. The molecule has 8 heteroatoms. The van der Waals surface area contributed by atoms with E-state index < -0.39 is 5.60 Å². The first-order valence-electron chi connectivity index (χ1n) is 14.0. The fourth-order valence-corrected chi connectivity index (χ4v) is 4.48. The number of hydrogen-bond acceptors (Lipinski definition) is 8. The number of esters is 1. The SMILES string of the molecule is COc1ccc(C(C)C)cc1-c1nc2c(C)cccc2cc1CNc1ncc(OCCCC(=O)OC(C)(C)C)cn1. The van der Waals surface area contributed by atoms with Crippen LogP contribution in [0.2, 0.25) is 0 Å². The third kappa shape index (κ3) is 7.93. The summed E-state index contributed by atoms with van der Waals surface area (Å²) in [7, 11) is 1.69. The van der Waals surface area contributed by atoms with E-state index >= 15 is 0 Å². The number of para-hydroxylation sites is 1. The first kappa shape index (κ1) is 29.8. The van der Waals surface area contributed by atoms with E-state index in [1.54, 1.807) is 19.5 Å². The van der Waals surface area contributed by atoms with Crippen molar-refractivity contribution in [2.75, 3.05) is 19.0 Å². The van der Waals surface area contributed by atoms with Gasteiger partial charge >= 0.3 is 5.97 Å². The number of aryl methyl sites for hydroxylation is 1. The van der Waals surface area contributed by atoms with Gasteiger partial charge in [0.05, 0.1) is 37.3 Å². The van der Waals surface area contributed by atoms with Gasteiger partial charge in [-0.15, -0.1) is 0 Å². The highest BCUT2D eigenvalue weighted by Crippen LogP contribution is 2.36. The smallest absolute Gasteiger partial charge is 0.306 e. The summed E-state index contributed by atoms with van der Waals surface area (Å²) in [5.41, 5.74) is 5.64. The molecular weight excluding hydrogens is 516 g/mol. The van der Waals surface area contributed by atoms with Gasteiger partial charge in [0.25, 0.3) is 0 Å². The Morgan fingerprint density at radius 2 is 1.80 bits per heavy atom. The second kappa shape index (κ2) is 13.0. The Morgan fingerprint density at radius 3 is 2.49 bits per heavy atom. The lowest BCUT2D eigenvalue weighted by Crippen LogP contribution is -2.23. The number of methoxy groups -OCH3 is 1. The van der Waals surface area contributed by atoms with Crippen molar-refractivity contribution in [3.8, 4) is 22.8 Å². The first-order chi connectivity index (χ1) is 19.5. The lowest BCUT2D eigenvalue weighted by Gasteiger charge is -2.19. The highest BCUT2D eigenvalue weighted by atomic mass is 16.6. The average molecular weight is 557 g/mol. The van der Waals surface area contributed by atoms with Crippen LogP contribution in [0.15, 0.2) is 54.9 Å². The summed E-state index contributed by atoms with van der Waals surface area (Å²) in [6.07, 6.45) is 4.10. The minimum Gasteiger partial charge on any atom is -0.496 e. The Bertz CT molecular complexity index is 1490. The van der Waals surface area contributed by atoms with Crippen molar-refractivity contribution in [2.24, 2.45) is 0 Å². The number of ether oxygens (including phenoxy) is 3. The van der Waals surface area contributed by atoms with Gasteiger partial charge in [0.1, 0.15) is 11.4 Å². The highest BCUT2D eigenvalue weighted by molar-refractivity contribution is 5.87. The summed E-state index contributed by atoms with van der Waals surface area (Å²) < 4.78 is 16.8. The van der Waals surface area contributed by atoms with Crippen LogP contribution in [0, 0.1) is 6.92 Å². The molecule has 2 aromatic heterocycles. The van der Waals surface area contributed by atoms with E-state index in [4.69, 9.17) is 19.2 Å². The van der Waals surface area contributed by atoms with E-state index in [0.717, 1.165) is 39.0 Å². The Balaban J connectivity index is 1.50. The van der Waals surface area contributed by atoms with Gasteiger partial charge in [0, 0.05) is 23.9 Å². The van der Waals surface area contributed by atoms with Gasteiger partial charge in [0.15, 0.2) is 5.75 Å². The van der Waals surface area contributed by atoms with Crippen LogP contribution in [-0.4, -0.2) is 40.2 Å². The number of rotatable bonds is 11. The lowest BCUT2D eigenvalue weighted by atomic mass is 9.96. The number of hydrogen-bond donors (Lipinski definition) is 1. The number of carbonyl (C=O) groups is 1. The molecule has 0 saturated carbocycles. The third-order valence-corrected chi connectivity index (χ3v) is 6.55. The maximum atomic E-state index is 11.9. The molecule has 0 amide bonds. The van der Waals surface area contributed by atoms with E-state index in [-0.39, 0.29) is 5.97 Å². The summed E-state index contributed by atoms with van der Waals surface area (Å²) in [5.74, 6) is 1.93. The molecule has 0 bridgehead atoms. The van der Waals surface area contributed by atoms with Crippen LogP contribution in [0.1, 0.15) is 70.1 Å². The molecular formula is C33H40N4O4. The summed E-state index contributed by atoms with van der Waals surface area (Å²) in [6, 6.07) is 14.7. The van der Waals surface area contributed by atoms with E-state index in [9.17, 15) is 4.79 Å². The van der Waals surface area contributed by atoms with Gasteiger partial charge in [0.2, 0.25) is 5.95 Å². The molecule has 4 aromatic rings. The molecule has 0 spiro atoms. The zero-order valence-electron chi connectivity index (χ0n) is 25.1. The summed E-state index contributed by atoms with van der Waals surface area (Å²) in [6.45, 7) is 12.8. The minimum absolute atomic E-state index is 0.233. The number of pyridine rings is 1. The Kier molecular flexibility index (Phi) is 9.42. The van der Waals surface area contributed by atoms with E-state index in [2.05, 4.69) is 66.4 Å². The van der Waals surface area contributed by atoms with Gasteiger partial charge in [-0.2, -0.15) is 0 Å². The number of fused-ring (bicyclic) bond motifs is 1. The largest absolute Gasteiger partial charge is 0.496 e. The average Bonchev–Trinajstić information content (AvgIpc) is 2.93. The molecule has 0 unspecified atom stereocenters. The van der Waals surface area contributed by atoms with Crippen LogP contribution >= 0.6 is 0 Å². The first-order valence-corrected chi connectivity index (χ1v) is 14.0. The van der Waals surface area contributed by atoms with Gasteiger partial charge < -0.3 is 19.5 Å². The van der Waals surface area contributed by atoms with Gasteiger partial charge in [-0.1, -0.05) is 38.1 Å². The molecule has 2 heterocycles. The fourth-order valence-electron chi connectivity index (χ4n) is 4.48. The van der Waals surface area contributed by atoms with Crippen LogP contribution < -0.4 is 14.8 Å². The van der Waals surface area contributed by atoms with E-state index in [1.807, 2.05) is 32.9 Å². The van der Waals surface area contributed by atoms with Gasteiger partial charge in [-0.05, 0) is 74.9 Å². The summed E-state index contributed by atoms with van der Waals surface area (Å²) in [4.78, 5) is 25.9. The molecule has 0 atom stereocenters. The Hall–Kier alpha value is -4.20. The molecule has 0 aliphatic heterocycles. The zero-order valence-corrected chi connectivity index (χ0v) is 25.1. The second-order valence-electron chi connectivity index (χ2n) is 11.4. The molecule has 216 valence electrons. The van der Waals surface area contributed by atoms with Crippen molar-refractivity contribution in [1.82, 2.24) is 15.0 Å². The molecule has 0 saturated heterocycles. The van der Waals surface area contributed by atoms with Crippen molar-refractivity contribution >= 4 is 22.8 Å². The molecule has 4 rings (SSSR count). The monoisotopic (exact) mass is 556 g/mol. The van der Waals surface area contributed by atoms with Crippen molar-refractivity contribution in [2.45, 2.75) is 72.4 Å². The quantitative estimate of drug-likeness (QED) is 0.153. The van der Waals surface area contributed by atoms with Gasteiger partial charge in [-0.3, -0.25) is 4.79 Å². The topological polar surface area (TPSA) is 95.5 Å². The lowest BCUT2D eigenvalue weighted by molar-refractivity contribution is -0.155. The van der Waals surface area contributed by atoms with Crippen LogP contribution in [-0.2, 0) is 16.1 Å². The molecule has 0 fully saturated rings. The number of anilines is 1. The number of carbonyl (C=O) groups excluding carboxylic acids is 1. The van der Waals surface area contributed by atoms with Crippen LogP contribution in [0.5, 0.6) is 11.5 Å². The van der Waals surface area contributed by atoms with Crippen molar-refractivity contribution in [3.05, 3.63) is 71.5 Å². The fraction of sp³-hybridized carbons (Fsp3) is 0.394. The molecule has 0 aliphatic rings. The van der Waals surface area contributed by atoms with Crippen molar-refractivity contribution in [1.29, 1.82) is 0 Å². The van der Waals surface area contributed by atoms with Crippen molar-refractivity contribution < 1.29 is 19.0 Å². The number of nitrogens with one attached hydrogen (secondary N) is 1. The molecule has 8 nitrogen and oxygen atoms in total. The molecule has 2 aromatic carbocycles. The Labute approximate surface area is 242 Å². The summed E-state index contributed by atoms with van der Waals surface area (Å²) >= 11 is 0. The van der Waals surface area contributed by atoms with Crippen molar-refractivity contribution in [3.63, 3.8) is 0 Å². The van der Waals surface area contributed by atoms with Crippen LogP contribution in [0.3, 0.4) is 0 Å². The molecule has 0 aliphatic carbocycles. The normalized spacial score (nSPS) is 11.5. The van der Waals surface area contributed by atoms with Crippen LogP contribution in [0.4, 0.5) is 5.95 Å². The maximum absolute atomic E-state index is 11.9. The second-order valence-corrected chi connectivity index (χ2v) is 11.4. The Morgan fingerprint density at radius 1 is 1.05 bits per heavy atom. The predicted molar refractivity (Wildman–Crippen MR) is 162 cm³/mol. The van der Waals surface area contributed by atoms with E-state index in [1.165, 1.54) is 5.56 Å². The number of nitrogens with zero attached hydrogens (tertiary/aromatic N) is 3. The minimum atomic E-state index is -0.485. The van der Waals surface area contributed by atoms with Crippen LogP contribution in [0.25, 0.3) is 22.2 Å². The highest BCUT2D eigenvalue weighted by Gasteiger charge is 2.17. The summed E-state index contributed by atoms with van der Waals surface area (Å²) in [5, 5.41) is 4.41. The van der Waals surface area contributed by atoms with E-state index in [0.29, 0.717) is 43.6 Å². The molecule has 1 N–H and O–H groups in total. The van der Waals surface area contributed by atoms with Gasteiger partial charge in [-0.25, -0.2) is 15.0 Å². The zero-order chi connectivity index (χ0) is 29.6.